The highest BCUT2D eigenvalue weighted by Crippen LogP contribution is 2.12. The van der Waals surface area contributed by atoms with Crippen molar-refractivity contribution >= 4 is 17.3 Å². The number of nitrogens with one attached hydrogen (secondary N) is 2. The van der Waals surface area contributed by atoms with Gasteiger partial charge < -0.3 is 15.2 Å². The number of aromatic nitrogens is 3. The van der Waals surface area contributed by atoms with Gasteiger partial charge in [0, 0.05) is 18.5 Å². The van der Waals surface area contributed by atoms with E-state index in [0.29, 0.717) is 13.1 Å². The molecule has 7 heteroatoms. The second-order valence-corrected chi connectivity index (χ2v) is 7.96. The van der Waals surface area contributed by atoms with E-state index in [-0.39, 0.29) is 0 Å². The van der Waals surface area contributed by atoms with Crippen molar-refractivity contribution in [2.45, 2.75) is 40.3 Å². The summed E-state index contributed by atoms with van der Waals surface area (Å²) in [5.41, 5.74) is 3.78. The van der Waals surface area contributed by atoms with Crippen molar-refractivity contribution < 1.29 is 0 Å². The molecule has 0 aliphatic carbocycles. The Labute approximate surface area is 170 Å². The van der Waals surface area contributed by atoms with Gasteiger partial charge in [-0.15, -0.1) is 21.5 Å². The molecule has 3 aromatic rings. The zero-order valence-corrected chi connectivity index (χ0v) is 17.8. The third kappa shape index (κ3) is 5.42. The van der Waals surface area contributed by atoms with Crippen LogP contribution in [-0.4, -0.2) is 27.3 Å². The molecule has 1 aromatic carbocycles. The van der Waals surface area contributed by atoms with Gasteiger partial charge in [0.05, 0.1) is 13.1 Å². The lowest BCUT2D eigenvalue weighted by atomic mass is 10.1. The molecule has 0 amide bonds. The van der Waals surface area contributed by atoms with Crippen LogP contribution < -0.4 is 10.6 Å². The zero-order chi connectivity index (χ0) is 19.9. The fourth-order valence-electron chi connectivity index (χ4n) is 2.89. The Kier molecular flexibility index (Phi) is 6.81. The van der Waals surface area contributed by atoms with Gasteiger partial charge in [-0.25, -0.2) is 4.99 Å². The molecule has 28 heavy (non-hydrogen) atoms. The Bertz CT molecular complexity index is 927. The molecule has 0 spiro atoms. The number of thiophene rings is 1. The molecule has 2 aromatic heterocycles. The molecule has 0 atom stereocenters. The first kappa shape index (κ1) is 20.1. The van der Waals surface area contributed by atoms with E-state index in [2.05, 4.69) is 70.4 Å². The number of benzene rings is 1. The Morgan fingerprint density at radius 3 is 2.68 bits per heavy atom. The second kappa shape index (κ2) is 9.50. The Hall–Kier alpha value is -2.67. The molecule has 0 fully saturated rings. The van der Waals surface area contributed by atoms with Crippen LogP contribution in [0.1, 0.15) is 33.2 Å². The van der Waals surface area contributed by atoms with E-state index in [4.69, 9.17) is 4.99 Å². The van der Waals surface area contributed by atoms with Gasteiger partial charge in [-0.1, -0.05) is 29.8 Å². The van der Waals surface area contributed by atoms with Gasteiger partial charge in [0.2, 0.25) is 0 Å². The highest BCUT2D eigenvalue weighted by atomic mass is 32.1. The van der Waals surface area contributed by atoms with Crippen LogP contribution in [0.15, 0.2) is 40.7 Å². The summed E-state index contributed by atoms with van der Waals surface area (Å²) >= 11 is 1.78. The molecule has 0 unspecified atom stereocenters. The van der Waals surface area contributed by atoms with Crippen LogP contribution in [0.2, 0.25) is 0 Å². The van der Waals surface area contributed by atoms with Gasteiger partial charge in [-0.05, 0) is 49.8 Å². The second-order valence-electron chi connectivity index (χ2n) is 6.93. The van der Waals surface area contributed by atoms with Crippen molar-refractivity contribution in [1.29, 1.82) is 0 Å². The number of hydrogen-bond donors (Lipinski definition) is 2. The summed E-state index contributed by atoms with van der Waals surface area (Å²) in [7, 11) is 1.98. The number of guanidine groups is 1. The zero-order valence-electron chi connectivity index (χ0n) is 17.0. The third-order valence-corrected chi connectivity index (χ3v) is 5.68. The summed E-state index contributed by atoms with van der Waals surface area (Å²) < 4.78 is 1.99. The Morgan fingerprint density at radius 2 is 2.00 bits per heavy atom. The Balaban J connectivity index is 1.66. The van der Waals surface area contributed by atoms with E-state index in [1.165, 1.54) is 21.6 Å². The summed E-state index contributed by atoms with van der Waals surface area (Å²) in [6.45, 7) is 8.24. The highest BCUT2D eigenvalue weighted by Gasteiger charge is 2.07. The minimum atomic E-state index is 0.578. The minimum absolute atomic E-state index is 0.578. The van der Waals surface area contributed by atoms with E-state index in [0.717, 1.165) is 30.6 Å². The predicted octanol–water partition coefficient (Wildman–Crippen LogP) is 3.28. The molecule has 0 saturated heterocycles. The van der Waals surface area contributed by atoms with Crippen molar-refractivity contribution in [2.24, 2.45) is 12.0 Å². The lowest BCUT2D eigenvalue weighted by molar-refractivity contribution is 0.713. The predicted molar refractivity (Wildman–Crippen MR) is 116 cm³/mol. The van der Waals surface area contributed by atoms with Gasteiger partial charge in [0.15, 0.2) is 11.8 Å². The SMILES string of the molecule is Cc1ccc(CN=C(NCCc2cccs2)NCc2nnc(C)n2C)c(C)c1. The summed E-state index contributed by atoms with van der Waals surface area (Å²) in [5, 5.41) is 17.3. The van der Waals surface area contributed by atoms with Crippen LogP contribution in [0.25, 0.3) is 0 Å². The van der Waals surface area contributed by atoms with Crippen LogP contribution in [0.3, 0.4) is 0 Å². The maximum Gasteiger partial charge on any atom is 0.191 e. The average molecular weight is 397 g/mol. The van der Waals surface area contributed by atoms with Crippen molar-refractivity contribution in [3.63, 3.8) is 0 Å². The summed E-state index contributed by atoms with van der Waals surface area (Å²) in [6.07, 6.45) is 0.977. The average Bonchev–Trinajstić information content (AvgIpc) is 3.29. The fraction of sp³-hybridized carbons (Fsp3) is 0.381. The van der Waals surface area contributed by atoms with Gasteiger partial charge in [-0.3, -0.25) is 0 Å². The molecule has 3 rings (SSSR count). The van der Waals surface area contributed by atoms with Gasteiger partial charge in [0.1, 0.15) is 5.82 Å². The standard InChI is InChI=1S/C21H28N6S/c1-15-7-8-18(16(2)12-15)13-23-21(22-10-9-19-6-5-11-28-19)24-14-20-26-25-17(3)27(20)4/h5-8,11-12H,9-10,13-14H2,1-4H3,(H2,22,23,24). The minimum Gasteiger partial charge on any atom is -0.356 e. The van der Waals surface area contributed by atoms with Crippen LogP contribution in [0, 0.1) is 20.8 Å². The molecular formula is C21H28N6S. The number of aliphatic imine (C=N–C) groups is 1. The van der Waals surface area contributed by atoms with Crippen molar-refractivity contribution in [3.05, 3.63) is 68.9 Å². The molecule has 0 aliphatic heterocycles. The molecule has 6 nitrogen and oxygen atoms in total. The van der Waals surface area contributed by atoms with Crippen LogP contribution in [0.5, 0.6) is 0 Å². The molecule has 148 valence electrons. The lowest BCUT2D eigenvalue weighted by Crippen LogP contribution is -2.38. The van der Waals surface area contributed by atoms with E-state index in [1.54, 1.807) is 11.3 Å². The third-order valence-electron chi connectivity index (χ3n) is 4.75. The number of hydrogen-bond acceptors (Lipinski definition) is 4. The fourth-order valence-corrected chi connectivity index (χ4v) is 3.60. The molecule has 0 radical (unpaired) electrons. The summed E-state index contributed by atoms with van der Waals surface area (Å²) in [5.74, 6) is 2.57. The van der Waals surface area contributed by atoms with Crippen molar-refractivity contribution in [1.82, 2.24) is 25.4 Å². The quantitative estimate of drug-likeness (QED) is 0.475. The van der Waals surface area contributed by atoms with Crippen LogP contribution in [0.4, 0.5) is 0 Å². The number of aryl methyl sites for hydroxylation is 3. The van der Waals surface area contributed by atoms with E-state index in [1.807, 2.05) is 18.5 Å². The lowest BCUT2D eigenvalue weighted by Gasteiger charge is -2.13. The number of rotatable bonds is 7. The molecule has 0 bridgehead atoms. The molecule has 0 aliphatic rings. The van der Waals surface area contributed by atoms with E-state index in [9.17, 15) is 0 Å². The monoisotopic (exact) mass is 396 g/mol. The van der Waals surface area contributed by atoms with Crippen molar-refractivity contribution in [2.75, 3.05) is 6.54 Å². The smallest absolute Gasteiger partial charge is 0.191 e. The Morgan fingerprint density at radius 1 is 1.14 bits per heavy atom. The number of nitrogens with zero attached hydrogens (tertiary/aromatic N) is 4. The highest BCUT2D eigenvalue weighted by molar-refractivity contribution is 7.09. The topological polar surface area (TPSA) is 67.1 Å². The molecular weight excluding hydrogens is 368 g/mol. The van der Waals surface area contributed by atoms with Crippen molar-refractivity contribution in [3.8, 4) is 0 Å². The maximum atomic E-state index is 4.80. The molecule has 0 saturated carbocycles. The van der Waals surface area contributed by atoms with Gasteiger partial charge >= 0.3 is 0 Å². The van der Waals surface area contributed by atoms with Crippen LogP contribution in [-0.2, 0) is 26.6 Å². The van der Waals surface area contributed by atoms with Crippen LogP contribution >= 0.6 is 11.3 Å². The molecule has 2 heterocycles. The summed E-state index contributed by atoms with van der Waals surface area (Å²) in [4.78, 5) is 6.16. The van der Waals surface area contributed by atoms with E-state index < -0.39 is 0 Å². The first-order valence-corrected chi connectivity index (χ1v) is 10.4. The first-order chi connectivity index (χ1) is 13.5. The normalized spacial score (nSPS) is 11.6. The van der Waals surface area contributed by atoms with Gasteiger partial charge in [-0.2, -0.15) is 0 Å². The molecule has 2 N–H and O–H groups in total. The largest absolute Gasteiger partial charge is 0.356 e. The maximum absolute atomic E-state index is 4.80. The summed E-state index contributed by atoms with van der Waals surface area (Å²) in [6, 6.07) is 10.7. The van der Waals surface area contributed by atoms with E-state index >= 15 is 0 Å². The first-order valence-electron chi connectivity index (χ1n) is 9.48. The van der Waals surface area contributed by atoms with Gasteiger partial charge in [0.25, 0.3) is 0 Å².